The number of nitrogens with zero attached hydrogens (tertiary/aromatic N) is 1. The molecule has 0 saturated carbocycles. The van der Waals surface area contributed by atoms with Crippen molar-refractivity contribution in [3.63, 3.8) is 0 Å². The lowest BCUT2D eigenvalue weighted by atomic mass is 10.0. The first-order chi connectivity index (χ1) is 15.4. The molecule has 32 heavy (non-hydrogen) atoms. The maximum absolute atomic E-state index is 14.1. The number of halogens is 1. The highest BCUT2D eigenvalue weighted by Gasteiger charge is 2.26. The van der Waals surface area contributed by atoms with Crippen molar-refractivity contribution in [2.75, 3.05) is 18.4 Å². The molecule has 1 fully saturated rings. The quantitative estimate of drug-likeness (QED) is 0.585. The van der Waals surface area contributed by atoms with Gasteiger partial charge in [0, 0.05) is 30.3 Å². The Morgan fingerprint density at radius 3 is 2.50 bits per heavy atom. The van der Waals surface area contributed by atoms with Crippen LogP contribution in [0.4, 0.5) is 14.9 Å². The van der Waals surface area contributed by atoms with Gasteiger partial charge in [-0.05, 0) is 53.9 Å². The third-order valence-electron chi connectivity index (χ3n) is 5.55. The molecule has 0 bridgehead atoms. The second-order valence-corrected chi connectivity index (χ2v) is 7.81. The molecule has 4 rings (SSSR count). The number of piperidine rings is 1. The van der Waals surface area contributed by atoms with Crippen LogP contribution in [0.25, 0.3) is 10.8 Å². The fourth-order valence-electron chi connectivity index (χ4n) is 3.85. The lowest BCUT2D eigenvalue weighted by molar-refractivity contribution is 0.0912. The molecule has 1 aliphatic rings. The number of likely N-dealkylation sites (tertiary alicyclic amines) is 1. The highest BCUT2D eigenvalue weighted by molar-refractivity contribution is 5.99. The Morgan fingerprint density at radius 2 is 1.72 bits per heavy atom. The lowest BCUT2D eigenvalue weighted by Gasteiger charge is -2.33. The number of rotatable bonds is 4. The summed E-state index contributed by atoms with van der Waals surface area (Å²) in [6, 6.07) is 16.1. The average molecular weight is 434 g/mol. The smallest absolute Gasteiger partial charge is 0.321 e. The minimum Gasteiger partial charge on any atom is -0.366 e. The summed E-state index contributed by atoms with van der Waals surface area (Å²) in [5.74, 6) is -1.58. The summed E-state index contributed by atoms with van der Waals surface area (Å²) in [5, 5.41) is 7.51. The zero-order valence-corrected chi connectivity index (χ0v) is 17.3. The Bertz CT molecular complexity index is 1200. The number of primary amides is 1. The van der Waals surface area contributed by atoms with E-state index in [1.54, 1.807) is 6.07 Å². The number of carbonyl (C=O) groups is 3. The van der Waals surface area contributed by atoms with Gasteiger partial charge in [0.15, 0.2) is 0 Å². The van der Waals surface area contributed by atoms with Gasteiger partial charge < -0.3 is 21.3 Å². The second kappa shape index (κ2) is 9.05. The fourth-order valence-corrected chi connectivity index (χ4v) is 3.85. The summed E-state index contributed by atoms with van der Waals surface area (Å²) in [6.07, 6.45) is 1.43. The van der Waals surface area contributed by atoms with E-state index in [9.17, 15) is 18.8 Å². The van der Waals surface area contributed by atoms with Crippen LogP contribution in [0, 0.1) is 5.82 Å². The van der Waals surface area contributed by atoms with Crippen LogP contribution < -0.4 is 16.4 Å². The van der Waals surface area contributed by atoms with Crippen molar-refractivity contribution < 1.29 is 18.8 Å². The van der Waals surface area contributed by atoms with Crippen LogP contribution >= 0.6 is 0 Å². The van der Waals surface area contributed by atoms with Crippen LogP contribution in [0.15, 0.2) is 60.7 Å². The molecule has 4 amide bonds. The van der Waals surface area contributed by atoms with E-state index in [-0.39, 0.29) is 23.2 Å². The highest BCUT2D eigenvalue weighted by Crippen LogP contribution is 2.19. The molecular formula is C24H23FN4O3. The molecule has 1 aliphatic heterocycles. The molecule has 0 aliphatic carbocycles. The zero-order valence-electron chi connectivity index (χ0n) is 17.3. The third-order valence-corrected chi connectivity index (χ3v) is 5.55. The largest absolute Gasteiger partial charge is 0.366 e. The SMILES string of the molecule is NC(=O)c1ccc(F)c(NC(=O)N2CCCC(NC(=O)c3ccc4ccccc4c3)C2)c1. The molecule has 1 atom stereocenters. The number of urea groups is 1. The highest BCUT2D eigenvalue weighted by atomic mass is 19.1. The monoisotopic (exact) mass is 434 g/mol. The van der Waals surface area contributed by atoms with Gasteiger partial charge in [0.25, 0.3) is 5.91 Å². The normalized spacial score (nSPS) is 15.9. The number of fused-ring (bicyclic) bond motifs is 1. The Balaban J connectivity index is 1.40. The summed E-state index contributed by atoms with van der Waals surface area (Å²) >= 11 is 0. The molecular weight excluding hydrogens is 411 g/mol. The van der Waals surface area contributed by atoms with Crippen molar-refractivity contribution >= 4 is 34.3 Å². The van der Waals surface area contributed by atoms with Crippen LogP contribution in [-0.4, -0.2) is 41.9 Å². The zero-order chi connectivity index (χ0) is 22.7. The second-order valence-electron chi connectivity index (χ2n) is 7.81. The minimum absolute atomic E-state index is 0.0980. The first-order valence-electron chi connectivity index (χ1n) is 10.4. The van der Waals surface area contributed by atoms with Crippen LogP contribution in [0.3, 0.4) is 0 Å². The van der Waals surface area contributed by atoms with Gasteiger partial charge >= 0.3 is 6.03 Å². The molecule has 0 spiro atoms. The van der Waals surface area contributed by atoms with Gasteiger partial charge in [-0.3, -0.25) is 9.59 Å². The molecule has 7 nitrogen and oxygen atoms in total. The van der Waals surface area contributed by atoms with Gasteiger partial charge in [-0.1, -0.05) is 30.3 Å². The van der Waals surface area contributed by atoms with Gasteiger partial charge in [0.1, 0.15) is 5.82 Å². The Hall–Kier alpha value is -3.94. The van der Waals surface area contributed by atoms with Crippen molar-refractivity contribution in [3.05, 3.63) is 77.6 Å². The first kappa shape index (κ1) is 21.3. The predicted octanol–water partition coefficient (Wildman–Crippen LogP) is 3.50. The molecule has 3 aromatic rings. The summed E-state index contributed by atoms with van der Waals surface area (Å²) in [4.78, 5) is 38.3. The van der Waals surface area contributed by atoms with Crippen LogP contribution in [-0.2, 0) is 0 Å². The maximum Gasteiger partial charge on any atom is 0.321 e. The molecule has 4 N–H and O–H groups in total. The predicted molar refractivity (Wildman–Crippen MR) is 120 cm³/mol. The van der Waals surface area contributed by atoms with Gasteiger partial charge in [-0.25, -0.2) is 9.18 Å². The molecule has 0 aromatic heterocycles. The van der Waals surface area contributed by atoms with E-state index in [1.807, 2.05) is 36.4 Å². The first-order valence-corrected chi connectivity index (χ1v) is 10.4. The summed E-state index contributed by atoms with van der Waals surface area (Å²) in [5.41, 5.74) is 5.76. The number of amides is 4. The molecule has 8 heteroatoms. The molecule has 1 heterocycles. The van der Waals surface area contributed by atoms with E-state index in [2.05, 4.69) is 10.6 Å². The summed E-state index contributed by atoms with van der Waals surface area (Å²) in [7, 11) is 0. The van der Waals surface area contributed by atoms with Crippen molar-refractivity contribution in [1.29, 1.82) is 0 Å². The molecule has 164 valence electrons. The van der Waals surface area contributed by atoms with Gasteiger partial charge in [-0.15, -0.1) is 0 Å². The lowest BCUT2D eigenvalue weighted by Crippen LogP contribution is -2.50. The van der Waals surface area contributed by atoms with Crippen LogP contribution in [0.1, 0.15) is 33.6 Å². The molecule has 1 saturated heterocycles. The summed E-state index contributed by atoms with van der Waals surface area (Å²) < 4.78 is 14.1. The van der Waals surface area contributed by atoms with Gasteiger partial charge in [0.05, 0.1) is 5.69 Å². The van der Waals surface area contributed by atoms with Crippen LogP contribution in [0.5, 0.6) is 0 Å². The molecule has 3 aromatic carbocycles. The van der Waals surface area contributed by atoms with E-state index in [1.165, 1.54) is 17.0 Å². The number of carbonyl (C=O) groups excluding carboxylic acids is 3. The van der Waals surface area contributed by atoms with Crippen LogP contribution in [0.2, 0.25) is 0 Å². The maximum atomic E-state index is 14.1. The average Bonchev–Trinajstić information content (AvgIpc) is 2.80. The number of anilines is 1. The van der Waals surface area contributed by atoms with Crippen molar-refractivity contribution in [1.82, 2.24) is 10.2 Å². The Morgan fingerprint density at radius 1 is 0.969 bits per heavy atom. The number of hydrogen-bond acceptors (Lipinski definition) is 3. The number of nitrogens with two attached hydrogens (primary N) is 1. The van der Waals surface area contributed by atoms with E-state index >= 15 is 0 Å². The Labute approximate surface area is 184 Å². The summed E-state index contributed by atoms with van der Waals surface area (Å²) in [6.45, 7) is 0.771. The molecule has 1 unspecified atom stereocenters. The number of nitrogens with one attached hydrogen (secondary N) is 2. The topological polar surface area (TPSA) is 105 Å². The Kier molecular flexibility index (Phi) is 6.02. The third kappa shape index (κ3) is 4.69. The van der Waals surface area contributed by atoms with E-state index in [0.717, 1.165) is 23.3 Å². The van der Waals surface area contributed by atoms with E-state index in [4.69, 9.17) is 5.73 Å². The number of benzene rings is 3. The standard InChI is InChI=1S/C24H23FN4O3/c25-20-10-9-17(22(26)30)13-21(20)28-24(32)29-11-3-6-19(14-29)27-23(31)18-8-7-15-4-1-2-5-16(15)12-18/h1-2,4-5,7-10,12-13,19H,3,6,11,14H2,(H2,26,30)(H,27,31)(H,28,32). The number of hydrogen-bond donors (Lipinski definition) is 3. The van der Waals surface area contributed by atoms with E-state index < -0.39 is 17.8 Å². The molecule has 0 radical (unpaired) electrons. The van der Waals surface area contributed by atoms with Crippen molar-refractivity contribution in [3.8, 4) is 0 Å². The van der Waals surface area contributed by atoms with Gasteiger partial charge in [-0.2, -0.15) is 0 Å². The van der Waals surface area contributed by atoms with Crippen molar-refractivity contribution in [2.24, 2.45) is 5.73 Å². The van der Waals surface area contributed by atoms with E-state index in [0.29, 0.717) is 25.1 Å². The van der Waals surface area contributed by atoms with Crippen molar-refractivity contribution in [2.45, 2.75) is 18.9 Å². The fraction of sp³-hybridized carbons (Fsp3) is 0.208. The van der Waals surface area contributed by atoms with Gasteiger partial charge in [0.2, 0.25) is 5.91 Å². The minimum atomic E-state index is -0.713.